The number of fused-ring (bicyclic) bond motifs is 1. The number of piperazine rings is 1. The topological polar surface area (TPSA) is 76.0 Å². The fourth-order valence-corrected chi connectivity index (χ4v) is 3.87. The molecule has 2 aliphatic heterocycles. The molecule has 3 N–H and O–H groups in total. The molecular weight excluding hydrogens is 366 g/mol. The maximum absolute atomic E-state index is 12.8. The normalized spacial score (nSPS) is 17.1. The van der Waals surface area contributed by atoms with E-state index in [1.807, 2.05) is 0 Å². The van der Waals surface area contributed by atoms with Gasteiger partial charge in [0.25, 0.3) is 5.91 Å². The van der Waals surface area contributed by atoms with Crippen LogP contribution >= 0.6 is 11.6 Å². The number of carbonyl (C=O) groups is 1. The molecule has 1 saturated heterocycles. The lowest BCUT2D eigenvalue weighted by molar-refractivity contribution is 0.0748. The number of nitrogens with zero attached hydrogens (tertiary/aromatic N) is 2. The molecule has 0 aromatic heterocycles. The quantitative estimate of drug-likeness (QED) is 0.753. The Kier molecular flexibility index (Phi) is 4.95. The summed E-state index contributed by atoms with van der Waals surface area (Å²) >= 11 is 5.90. The Balaban J connectivity index is 1.49. The molecule has 7 heteroatoms. The van der Waals surface area contributed by atoms with Gasteiger partial charge in [-0.25, -0.2) is 0 Å². The standard InChI is InChI=1S/C20H22ClN3O3/c21-17-8-16(18(25)9-19(17)26)20(27)24-11-14-2-1-13(7-15(14)12-24)10-23-5-3-22-4-6-23/h1-2,7-9,22,25-26H,3-6,10-12H2. The fourth-order valence-electron chi connectivity index (χ4n) is 3.71. The Morgan fingerprint density at radius 3 is 2.56 bits per heavy atom. The second-order valence-electron chi connectivity index (χ2n) is 7.11. The molecule has 2 aromatic rings. The average Bonchev–Trinajstić information content (AvgIpc) is 3.08. The Labute approximate surface area is 163 Å². The van der Waals surface area contributed by atoms with E-state index in [1.165, 1.54) is 11.6 Å². The SMILES string of the molecule is O=C(c1cc(Cl)c(O)cc1O)N1Cc2ccc(CN3CCNCC3)cc2C1. The number of hydrogen-bond donors (Lipinski definition) is 3. The number of nitrogens with one attached hydrogen (secondary N) is 1. The third-order valence-electron chi connectivity index (χ3n) is 5.19. The van der Waals surface area contributed by atoms with Gasteiger partial charge in [0.15, 0.2) is 0 Å². The Morgan fingerprint density at radius 2 is 1.78 bits per heavy atom. The van der Waals surface area contributed by atoms with Gasteiger partial charge < -0.3 is 20.4 Å². The van der Waals surface area contributed by atoms with E-state index in [0.717, 1.165) is 49.9 Å². The van der Waals surface area contributed by atoms with E-state index in [2.05, 4.69) is 28.4 Å². The summed E-state index contributed by atoms with van der Waals surface area (Å²) in [7, 11) is 0. The van der Waals surface area contributed by atoms with Gasteiger partial charge in [-0.05, 0) is 22.8 Å². The van der Waals surface area contributed by atoms with Crippen LogP contribution in [0.4, 0.5) is 0 Å². The van der Waals surface area contributed by atoms with E-state index in [9.17, 15) is 15.0 Å². The second kappa shape index (κ2) is 7.38. The Hall–Kier alpha value is -2.28. The maximum atomic E-state index is 12.8. The summed E-state index contributed by atoms with van der Waals surface area (Å²) in [5, 5.41) is 23.0. The van der Waals surface area contributed by atoms with Gasteiger partial charge in [-0.1, -0.05) is 29.8 Å². The van der Waals surface area contributed by atoms with Gasteiger partial charge in [0.2, 0.25) is 0 Å². The van der Waals surface area contributed by atoms with Crippen LogP contribution in [0.5, 0.6) is 11.5 Å². The summed E-state index contributed by atoms with van der Waals surface area (Å²) in [4.78, 5) is 16.9. The Bertz CT molecular complexity index is 881. The van der Waals surface area contributed by atoms with Gasteiger partial charge in [0.05, 0.1) is 10.6 Å². The molecule has 0 radical (unpaired) electrons. The van der Waals surface area contributed by atoms with Crippen molar-refractivity contribution in [3.8, 4) is 11.5 Å². The largest absolute Gasteiger partial charge is 0.507 e. The number of halogens is 1. The maximum Gasteiger partial charge on any atom is 0.258 e. The molecule has 2 aliphatic rings. The van der Waals surface area contributed by atoms with Crippen molar-refractivity contribution in [2.45, 2.75) is 19.6 Å². The first-order valence-corrected chi connectivity index (χ1v) is 9.43. The molecule has 2 aromatic carbocycles. The van der Waals surface area contributed by atoms with Crippen molar-refractivity contribution in [2.75, 3.05) is 26.2 Å². The van der Waals surface area contributed by atoms with Crippen LogP contribution in [-0.4, -0.2) is 52.1 Å². The van der Waals surface area contributed by atoms with Crippen molar-refractivity contribution >= 4 is 17.5 Å². The molecule has 0 aliphatic carbocycles. The number of aromatic hydroxyl groups is 2. The summed E-state index contributed by atoms with van der Waals surface area (Å²) in [6.45, 7) is 6.04. The van der Waals surface area contributed by atoms with Gasteiger partial charge in [-0.2, -0.15) is 0 Å². The molecule has 0 unspecified atom stereocenters. The summed E-state index contributed by atoms with van der Waals surface area (Å²) in [5.41, 5.74) is 3.62. The van der Waals surface area contributed by atoms with Crippen LogP contribution in [0.2, 0.25) is 5.02 Å². The highest BCUT2D eigenvalue weighted by Crippen LogP contribution is 2.33. The van der Waals surface area contributed by atoms with E-state index < -0.39 is 0 Å². The Morgan fingerprint density at radius 1 is 1.04 bits per heavy atom. The minimum atomic E-state index is -0.297. The van der Waals surface area contributed by atoms with Crippen molar-refractivity contribution in [1.82, 2.24) is 15.1 Å². The first-order valence-electron chi connectivity index (χ1n) is 9.06. The predicted octanol–water partition coefficient (Wildman–Crippen LogP) is 2.31. The highest BCUT2D eigenvalue weighted by Gasteiger charge is 2.27. The molecule has 6 nitrogen and oxygen atoms in total. The molecule has 142 valence electrons. The van der Waals surface area contributed by atoms with Gasteiger partial charge in [0, 0.05) is 51.9 Å². The zero-order chi connectivity index (χ0) is 19.0. The van der Waals surface area contributed by atoms with Crippen LogP contribution in [0.1, 0.15) is 27.0 Å². The average molecular weight is 388 g/mol. The lowest BCUT2D eigenvalue weighted by Crippen LogP contribution is -2.42. The van der Waals surface area contributed by atoms with Crippen molar-refractivity contribution in [2.24, 2.45) is 0 Å². The minimum Gasteiger partial charge on any atom is -0.507 e. The number of phenols is 2. The van der Waals surface area contributed by atoms with Gasteiger partial charge in [0.1, 0.15) is 11.5 Å². The van der Waals surface area contributed by atoms with Gasteiger partial charge in [-0.15, -0.1) is 0 Å². The zero-order valence-corrected chi connectivity index (χ0v) is 15.7. The predicted molar refractivity (Wildman–Crippen MR) is 103 cm³/mol. The third-order valence-corrected chi connectivity index (χ3v) is 5.49. The molecule has 0 spiro atoms. The third kappa shape index (κ3) is 3.74. The highest BCUT2D eigenvalue weighted by molar-refractivity contribution is 6.32. The monoisotopic (exact) mass is 387 g/mol. The fraction of sp³-hybridized carbons (Fsp3) is 0.350. The van der Waals surface area contributed by atoms with E-state index in [4.69, 9.17) is 11.6 Å². The van der Waals surface area contributed by atoms with Crippen LogP contribution in [0.25, 0.3) is 0 Å². The summed E-state index contributed by atoms with van der Waals surface area (Å²) in [5.74, 6) is -0.806. The molecule has 0 atom stereocenters. The molecule has 0 saturated carbocycles. The van der Waals surface area contributed by atoms with E-state index in [1.54, 1.807) is 4.90 Å². The minimum absolute atomic E-state index is 0.0474. The highest BCUT2D eigenvalue weighted by atomic mass is 35.5. The van der Waals surface area contributed by atoms with Crippen LogP contribution in [0.3, 0.4) is 0 Å². The van der Waals surface area contributed by atoms with Crippen molar-refractivity contribution in [3.63, 3.8) is 0 Å². The molecule has 0 bridgehead atoms. The summed E-state index contributed by atoms with van der Waals surface area (Å²) in [6, 6.07) is 8.81. The number of phenolic OH excluding ortho intramolecular Hbond substituents is 2. The van der Waals surface area contributed by atoms with E-state index in [0.29, 0.717) is 13.1 Å². The molecule has 27 heavy (non-hydrogen) atoms. The molecule has 2 heterocycles. The number of hydrogen-bond acceptors (Lipinski definition) is 5. The lowest BCUT2D eigenvalue weighted by Gasteiger charge is -2.27. The van der Waals surface area contributed by atoms with Crippen molar-refractivity contribution in [3.05, 3.63) is 57.6 Å². The van der Waals surface area contributed by atoms with Crippen LogP contribution in [0.15, 0.2) is 30.3 Å². The van der Waals surface area contributed by atoms with E-state index in [-0.39, 0.29) is 28.0 Å². The molecule has 1 fully saturated rings. The number of benzene rings is 2. The molecule has 1 amide bonds. The van der Waals surface area contributed by atoms with Gasteiger partial charge in [-0.3, -0.25) is 9.69 Å². The smallest absolute Gasteiger partial charge is 0.258 e. The van der Waals surface area contributed by atoms with Crippen LogP contribution in [0, 0.1) is 0 Å². The first-order chi connectivity index (χ1) is 13.0. The van der Waals surface area contributed by atoms with Crippen molar-refractivity contribution < 1.29 is 15.0 Å². The zero-order valence-electron chi connectivity index (χ0n) is 14.9. The molecular formula is C20H22ClN3O3. The van der Waals surface area contributed by atoms with Crippen LogP contribution in [-0.2, 0) is 19.6 Å². The lowest BCUT2D eigenvalue weighted by atomic mass is 10.1. The van der Waals surface area contributed by atoms with Crippen molar-refractivity contribution in [1.29, 1.82) is 0 Å². The first kappa shape index (κ1) is 18.1. The van der Waals surface area contributed by atoms with Crippen LogP contribution < -0.4 is 5.32 Å². The number of carbonyl (C=O) groups excluding carboxylic acids is 1. The van der Waals surface area contributed by atoms with Gasteiger partial charge >= 0.3 is 0 Å². The van der Waals surface area contributed by atoms with E-state index >= 15 is 0 Å². The number of amides is 1. The molecule has 4 rings (SSSR count). The second-order valence-corrected chi connectivity index (χ2v) is 7.52. The summed E-state index contributed by atoms with van der Waals surface area (Å²) in [6.07, 6.45) is 0. The number of rotatable bonds is 3. The summed E-state index contributed by atoms with van der Waals surface area (Å²) < 4.78 is 0.